The Kier molecular flexibility index (Phi) is 13.4. The molecule has 4 atom stereocenters. The number of aliphatic hydroxyl groups is 1. The average Bonchev–Trinajstić information content (AvgIpc) is 2.99. The summed E-state index contributed by atoms with van der Waals surface area (Å²) in [7, 11) is 1.72. The zero-order valence-corrected chi connectivity index (χ0v) is 27.1. The van der Waals surface area contributed by atoms with Crippen molar-refractivity contribution >= 4 is 29.3 Å². The Bertz CT molecular complexity index is 1280. The number of carbonyl (C=O) groups excluding carboxylic acids is 3. The standard InChI is InChI=1S/C33H48FN5O6/c1-21(2)35-33(43)38(6)19-30-22(3)18-39(23(4)20-40)31(41)28-17-27(37-32(42)36-26-12-10-25(34)11-13-26)14-15-29(28)45-24(5)9-7-8-16-44-30/h10-15,17,21-24,30,40H,7-9,16,18-20H2,1-6H3,(H,35,43)(H2,36,37,42)/t22-,23-,24-,30+/m1/s1. The number of nitrogens with one attached hydrogen (secondary N) is 3. The van der Waals surface area contributed by atoms with Gasteiger partial charge in [-0.1, -0.05) is 6.92 Å². The van der Waals surface area contributed by atoms with E-state index in [1.807, 2.05) is 27.7 Å². The SMILES string of the molecule is CC(C)NC(=O)N(C)C[C@@H]1OCCCC[C@@H](C)Oc2ccc(NC(=O)Nc3ccc(F)cc3)cc2C(=O)N([C@H](C)CO)C[C@H]1C. The maximum absolute atomic E-state index is 14.2. The Morgan fingerprint density at radius 3 is 2.40 bits per heavy atom. The fourth-order valence-electron chi connectivity index (χ4n) is 5.00. The van der Waals surface area contributed by atoms with Gasteiger partial charge < -0.3 is 40.3 Å². The predicted molar refractivity (Wildman–Crippen MR) is 172 cm³/mol. The van der Waals surface area contributed by atoms with E-state index in [-0.39, 0.29) is 54.8 Å². The van der Waals surface area contributed by atoms with Crippen molar-refractivity contribution in [3.63, 3.8) is 0 Å². The number of rotatable bonds is 7. The third kappa shape index (κ3) is 10.9. The van der Waals surface area contributed by atoms with Gasteiger partial charge in [0.25, 0.3) is 5.91 Å². The smallest absolute Gasteiger partial charge is 0.323 e. The van der Waals surface area contributed by atoms with Crippen LogP contribution in [0.5, 0.6) is 5.75 Å². The number of fused-ring (bicyclic) bond motifs is 1. The van der Waals surface area contributed by atoms with Crippen LogP contribution in [0.15, 0.2) is 42.5 Å². The van der Waals surface area contributed by atoms with Crippen LogP contribution in [0.4, 0.5) is 25.4 Å². The van der Waals surface area contributed by atoms with Crippen LogP contribution in [-0.4, -0.2) is 90.5 Å². The van der Waals surface area contributed by atoms with Gasteiger partial charge in [0.2, 0.25) is 0 Å². The van der Waals surface area contributed by atoms with Crippen molar-refractivity contribution in [1.29, 1.82) is 0 Å². The highest BCUT2D eigenvalue weighted by molar-refractivity contribution is 6.02. The van der Waals surface area contributed by atoms with E-state index in [2.05, 4.69) is 16.0 Å². The van der Waals surface area contributed by atoms with Gasteiger partial charge in [-0.3, -0.25) is 4.79 Å². The summed E-state index contributed by atoms with van der Waals surface area (Å²) in [6, 6.07) is 8.89. The number of halogens is 1. The van der Waals surface area contributed by atoms with Gasteiger partial charge in [-0.2, -0.15) is 0 Å². The van der Waals surface area contributed by atoms with Gasteiger partial charge >= 0.3 is 12.1 Å². The maximum atomic E-state index is 14.2. The number of nitrogens with zero attached hydrogens (tertiary/aromatic N) is 2. The second-order valence-electron chi connectivity index (χ2n) is 12.1. The lowest BCUT2D eigenvalue weighted by atomic mass is 10.0. The van der Waals surface area contributed by atoms with Crippen molar-refractivity contribution in [3.8, 4) is 5.75 Å². The lowest BCUT2D eigenvalue weighted by molar-refractivity contribution is -0.0122. The van der Waals surface area contributed by atoms with Gasteiger partial charge in [0, 0.05) is 50.1 Å². The highest BCUT2D eigenvalue weighted by Crippen LogP contribution is 2.28. The zero-order valence-electron chi connectivity index (χ0n) is 27.1. The summed E-state index contributed by atoms with van der Waals surface area (Å²) in [6.45, 7) is 10.2. The molecule has 248 valence electrons. The van der Waals surface area contributed by atoms with Crippen LogP contribution in [0.3, 0.4) is 0 Å². The Labute approximate surface area is 265 Å². The van der Waals surface area contributed by atoms with Crippen LogP contribution < -0.4 is 20.7 Å². The fraction of sp³-hybridized carbons (Fsp3) is 0.545. The number of hydrogen-bond acceptors (Lipinski definition) is 6. The largest absolute Gasteiger partial charge is 0.490 e. The van der Waals surface area contributed by atoms with Gasteiger partial charge in [0.1, 0.15) is 11.6 Å². The van der Waals surface area contributed by atoms with Gasteiger partial charge in [0.15, 0.2) is 0 Å². The molecular weight excluding hydrogens is 581 g/mol. The van der Waals surface area contributed by atoms with Crippen LogP contribution in [0.1, 0.15) is 64.2 Å². The molecule has 2 aromatic carbocycles. The molecule has 0 saturated heterocycles. The van der Waals surface area contributed by atoms with Crippen LogP contribution in [0.2, 0.25) is 0 Å². The van der Waals surface area contributed by atoms with E-state index in [0.29, 0.717) is 30.3 Å². The molecule has 4 N–H and O–H groups in total. The Morgan fingerprint density at radius 2 is 1.73 bits per heavy atom. The van der Waals surface area contributed by atoms with Crippen molar-refractivity contribution in [1.82, 2.24) is 15.1 Å². The van der Waals surface area contributed by atoms with Crippen molar-refractivity contribution in [2.24, 2.45) is 5.92 Å². The first-order valence-electron chi connectivity index (χ1n) is 15.6. The van der Waals surface area contributed by atoms with Crippen molar-refractivity contribution in [2.45, 2.75) is 78.2 Å². The number of benzene rings is 2. The molecule has 2 aromatic rings. The molecule has 1 aliphatic rings. The van der Waals surface area contributed by atoms with Crippen LogP contribution in [0.25, 0.3) is 0 Å². The van der Waals surface area contributed by atoms with Crippen molar-refractivity contribution in [2.75, 3.05) is 44.0 Å². The topological polar surface area (TPSA) is 132 Å². The van der Waals surface area contributed by atoms with E-state index in [9.17, 15) is 23.9 Å². The molecular formula is C33H48FN5O6. The lowest BCUT2D eigenvalue weighted by Gasteiger charge is -2.36. The van der Waals surface area contributed by atoms with Gasteiger partial charge in [0.05, 0.1) is 30.4 Å². The summed E-state index contributed by atoms with van der Waals surface area (Å²) >= 11 is 0. The van der Waals surface area contributed by atoms with E-state index in [4.69, 9.17) is 9.47 Å². The second-order valence-corrected chi connectivity index (χ2v) is 12.1. The number of aliphatic hydroxyl groups excluding tert-OH is 1. The van der Waals surface area contributed by atoms with Gasteiger partial charge in [-0.15, -0.1) is 0 Å². The molecule has 0 aromatic heterocycles. The van der Waals surface area contributed by atoms with Crippen molar-refractivity contribution in [3.05, 3.63) is 53.8 Å². The number of amides is 5. The van der Waals surface area contributed by atoms with E-state index >= 15 is 0 Å². The first-order chi connectivity index (χ1) is 21.4. The highest BCUT2D eigenvalue weighted by Gasteiger charge is 2.31. The van der Waals surface area contributed by atoms with E-state index < -0.39 is 17.9 Å². The number of likely N-dealkylation sites (N-methyl/N-ethyl adjacent to an activating group) is 1. The number of carbonyl (C=O) groups is 3. The van der Waals surface area contributed by atoms with E-state index in [1.54, 1.807) is 42.0 Å². The molecule has 11 nitrogen and oxygen atoms in total. The summed E-state index contributed by atoms with van der Waals surface area (Å²) in [5.41, 5.74) is 0.987. The molecule has 0 aliphatic carbocycles. The summed E-state index contributed by atoms with van der Waals surface area (Å²) in [6.07, 6.45) is 1.79. The molecule has 0 spiro atoms. The summed E-state index contributed by atoms with van der Waals surface area (Å²) in [5.74, 6) is -0.631. The molecule has 45 heavy (non-hydrogen) atoms. The van der Waals surface area contributed by atoms with E-state index in [1.165, 1.54) is 24.3 Å². The van der Waals surface area contributed by atoms with Crippen LogP contribution in [0, 0.1) is 11.7 Å². The molecule has 0 radical (unpaired) electrons. The molecule has 1 aliphatic heterocycles. The molecule has 0 saturated carbocycles. The first-order valence-corrected chi connectivity index (χ1v) is 15.6. The average molecular weight is 630 g/mol. The first kappa shape index (κ1) is 35.6. The van der Waals surface area contributed by atoms with Crippen LogP contribution in [-0.2, 0) is 4.74 Å². The predicted octanol–water partition coefficient (Wildman–Crippen LogP) is 5.32. The molecule has 1 heterocycles. The quantitative estimate of drug-likeness (QED) is 0.328. The summed E-state index contributed by atoms with van der Waals surface area (Å²) in [4.78, 5) is 42.8. The monoisotopic (exact) mass is 629 g/mol. The molecule has 12 heteroatoms. The third-order valence-electron chi connectivity index (χ3n) is 7.62. The van der Waals surface area contributed by atoms with Gasteiger partial charge in [-0.05, 0) is 89.4 Å². The highest BCUT2D eigenvalue weighted by atomic mass is 19.1. The summed E-state index contributed by atoms with van der Waals surface area (Å²) in [5, 5.41) is 18.4. The zero-order chi connectivity index (χ0) is 33.1. The Hall–Kier alpha value is -3.90. The fourth-order valence-corrected chi connectivity index (χ4v) is 5.00. The molecule has 0 unspecified atom stereocenters. The molecule has 3 rings (SSSR count). The Balaban J connectivity index is 1.91. The number of anilines is 2. The third-order valence-corrected chi connectivity index (χ3v) is 7.62. The second kappa shape index (κ2) is 17.0. The lowest BCUT2D eigenvalue weighted by Crippen LogP contribution is -2.49. The van der Waals surface area contributed by atoms with Crippen LogP contribution >= 0.6 is 0 Å². The van der Waals surface area contributed by atoms with Crippen molar-refractivity contribution < 1.29 is 33.4 Å². The molecule has 5 amide bonds. The number of ether oxygens (including phenoxy) is 2. The maximum Gasteiger partial charge on any atom is 0.323 e. The summed E-state index contributed by atoms with van der Waals surface area (Å²) < 4.78 is 25.8. The minimum absolute atomic E-state index is 0.0153. The van der Waals surface area contributed by atoms with Gasteiger partial charge in [-0.25, -0.2) is 14.0 Å². The number of hydrogen-bond donors (Lipinski definition) is 4. The minimum atomic E-state index is -0.566. The van der Waals surface area contributed by atoms with E-state index in [0.717, 1.165) is 19.3 Å². The molecule has 0 bridgehead atoms. The minimum Gasteiger partial charge on any atom is -0.490 e. The Morgan fingerprint density at radius 1 is 1.07 bits per heavy atom. The number of urea groups is 2. The molecule has 0 fully saturated rings. The normalized spacial score (nSPS) is 20.3.